The number of carbonyl (C=O) groups excluding carboxylic acids is 2. The molecule has 4 rings (SSSR count). The average molecular weight is 428 g/mol. The third-order valence-electron chi connectivity index (χ3n) is 5.91. The Morgan fingerprint density at radius 1 is 1.30 bits per heavy atom. The third-order valence-corrected chi connectivity index (χ3v) is 6.15. The van der Waals surface area contributed by atoms with Crippen molar-refractivity contribution in [3.05, 3.63) is 58.2 Å². The third kappa shape index (κ3) is 4.42. The molecule has 8 heteroatoms. The number of aromatic nitrogens is 1. The number of pyridine rings is 1. The van der Waals surface area contributed by atoms with Crippen LogP contribution in [0, 0.1) is 0 Å². The number of aryl methyl sites for hydroxylation is 1. The summed E-state index contributed by atoms with van der Waals surface area (Å²) in [5, 5.41) is 9.80. The molecule has 2 heterocycles. The highest BCUT2D eigenvalue weighted by atomic mass is 35.5. The van der Waals surface area contributed by atoms with Gasteiger partial charge in [-0.2, -0.15) is 0 Å². The molecule has 0 unspecified atom stereocenters. The number of carbonyl (C=O) groups is 2. The lowest BCUT2D eigenvalue weighted by atomic mass is 9.96. The van der Waals surface area contributed by atoms with E-state index in [1.165, 1.54) is 0 Å². The van der Waals surface area contributed by atoms with Gasteiger partial charge in [-0.1, -0.05) is 29.8 Å². The van der Waals surface area contributed by atoms with Gasteiger partial charge in [0.05, 0.1) is 12.1 Å². The molecule has 1 fully saturated rings. The lowest BCUT2D eigenvalue weighted by Crippen LogP contribution is -2.50. The number of rotatable bonds is 5. The minimum absolute atomic E-state index is 0.100. The first-order chi connectivity index (χ1) is 14.4. The van der Waals surface area contributed by atoms with Crippen LogP contribution in [0.3, 0.4) is 0 Å². The van der Waals surface area contributed by atoms with Crippen LogP contribution in [0.15, 0.2) is 36.4 Å². The molecule has 1 saturated heterocycles. The molecule has 0 radical (unpaired) electrons. The van der Waals surface area contributed by atoms with Crippen molar-refractivity contribution in [3.63, 3.8) is 0 Å². The molecule has 2 aliphatic rings. The highest BCUT2D eigenvalue weighted by molar-refractivity contribution is 6.30. The van der Waals surface area contributed by atoms with Gasteiger partial charge < -0.3 is 21.7 Å². The predicted molar refractivity (Wildman–Crippen MR) is 116 cm³/mol. The lowest BCUT2D eigenvalue weighted by Gasteiger charge is -2.20. The standard InChI is InChI=1S/C22H26ClN5O2/c1-12(21(29)28-18-7-6-17-16(18)5-8-20(24)27-17)26-22(30)19-10-14(11-25-19)13-3-2-4-15(23)9-13/h2-5,8-9,12,14,18-19,25H,6-7,10-11H2,1H3,(H2,24,27)(H,26,30)(H,28,29)/t12-,14+,18+,19+/m0/s1. The van der Waals surface area contributed by atoms with Gasteiger partial charge in [-0.3, -0.25) is 9.59 Å². The molecule has 2 aromatic rings. The minimum atomic E-state index is -0.629. The molecule has 158 valence electrons. The smallest absolute Gasteiger partial charge is 0.242 e. The molecule has 7 nitrogen and oxygen atoms in total. The quantitative estimate of drug-likeness (QED) is 0.584. The molecule has 4 atom stereocenters. The molecule has 0 bridgehead atoms. The van der Waals surface area contributed by atoms with Crippen LogP contribution in [0.25, 0.3) is 0 Å². The maximum absolute atomic E-state index is 12.7. The number of nitrogens with two attached hydrogens (primary N) is 1. The lowest BCUT2D eigenvalue weighted by molar-refractivity contribution is -0.129. The number of fused-ring (bicyclic) bond motifs is 1. The molecule has 1 aliphatic heterocycles. The van der Waals surface area contributed by atoms with Crippen molar-refractivity contribution in [3.8, 4) is 0 Å². The summed E-state index contributed by atoms with van der Waals surface area (Å²) in [5.74, 6) is 0.339. The fourth-order valence-corrected chi connectivity index (χ4v) is 4.46. The maximum atomic E-state index is 12.7. The molecule has 0 spiro atoms. The number of amides is 2. The van der Waals surface area contributed by atoms with E-state index in [2.05, 4.69) is 20.9 Å². The van der Waals surface area contributed by atoms with Crippen LogP contribution >= 0.6 is 11.6 Å². The van der Waals surface area contributed by atoms with Crippen LogP contribution < -0.4 is 21.7 Å². The topological polar surface area (TPSA) is 109 Å². The first kappa shape index (κ1) is 20.6. The Balaban J connectivity index is 1.30. The van der Waals surface area contributed by atoms with E-state index in [0.717, 1.165) is 29.7 Å². The van der Waals surface area contributed by atoms with Crippen molar-refractivity contribution in [1.82, 2.24) is 20.9 Å². The van der Waals surface area contributed by atoms with E-state index >= 15 is 0 Å². The zero-order valence-corrected chi connectivity index (χ0v) is 17.6. The largest absolute Gasteiger partial charge is 0.384 e. The van der Waals surface area contributed by atoms with Crippen molar-refractivity contribution in [2.24, 2.45) is 0 Å². The number of halogens is 1. The number of nitrogens with one attached hydrogen (secondary N) is 3. The van der Waals surface area contributed by atoms with Crippen LogP contribution in [-0.4, -0.2) is 35.4 Å². The van der Waals surface area contributed by atoms with Crippen LogP contribution in [0.4, 0.5) is 5.82 Å². The zero-order valence-electron chi connectivity index (χ0n) is 16.8. The number of hydrogen-bond donors (Lipinski definition) is 4. The number of benzene rings is 1. The van der Waals surface area contributed by atoms with Gasteiger partial charge in [-0.15, -0.1) is 0 Å². The molecule has 30 heavy (non-hydrogen) atoms. The van der Waals surface area contributed by atoms with Crippen LogP contribution in [0.1, 0.15) is 48.5 Å². The minimum Gasteiger partial charge on any atom is -0.384 e. The van der Waals surface area contributed by atoms with Gasteiger partial charge >= 0.3 is 0 Å². The van der Waals surface area contributed by atoms with Crippen molar-refractivity contribution < 1.29 is 9.59 Å². The van der Waals surface area contributed by atoms with Crippen molar-refractivity contribution in [2.75, 3.05) is 12.3 Å². The van der Waals surface area contributed by atoms with E-state index < -0.39 is 6.04 Å². The van der Waals surface area contributed by atoms with Gasteiger partial charge in [0.15, 0.2) is 0 Å². The molecule has 0 saturated carbocycles. The summed E-state index contributed by atoms with van der Waals surface area (Å²) in [6.45, 7) is 2.40. The van der Waals surface area contributed by atoms with Gasteiger partial charge in [-0.05, 0) is 61.4 Å². The fourth-order valence-electron chi connectivity index (χ4n) is 4.26. The summed E-state index contributed by atoms with van der Waals surface area (Å²) in [7, 11) is 0. The second-order valence-electron chi connectivity index (χ2n) is 8.05. The molecule has 1 aromatic carbocycles. The molecule has 2 amide bonds. The van der Waals surface area contributed by atoms with Gasteiger partial charge in [-0.25, -0.2) is 4.98 Å². The summed E-state index contributed by atoms with van der Waals surface area (Å²) >= 11 is 6.08. The van der Waals surface area contributed by atoms with Gasteiger partial charge in [0.2, 0.25) is 11.8 Å². The van der Waals surface area contributed by atoms with E-state index in [0.29, 0.717) is 23.8 Å². The average Bonchev–Trinajstić information content (AvgIpc) is 3.35. The summed E-state index contributed by atoms with van der Waals surface area (Å²) in [6.07, 6.45) is 2.23. The van der Waals surface area contributed by atoms with Crippen molar-refractivity contribution in [2.45, 2.75) is 50.2 Å². The van der Waals surface area contributed by atoms with Crippen LogP contribution in [0.2, 0.25) is 5.02 Å². The summed E-state index contributed by atoms with van der Waals surface area (Å²) in [4.78, 5) is 29.7. The normalized spacial score (nSPS) is 23.6. The molecule has 1 aliphatic carbocycles. The first-order valence-corrected chi connectivity index (χ1v) is 10.6. The second kappa shape index (κ2) is 8.62. The highest BCUT2D eigenvalue weighted by Gasteiger charge is 2.32. The SMILES string of the molecule is C[C@H](NC(=O)[C@H]1C[C@@H](c2cccc(Cl)c2)CN1)C(=O)N[C@@H]1CCc2nc(N)ccc21. The van der Waals surface area contributed by atoms with E-state index in [9.17, 15) is 9.59 Å². The highest BCUT2D eigenvalue weighted by Crippen LogP contribution is 2.30. The monoisotopic (exact) mass is 427 g/mol. The van der Waals surface area contributed by atoms with Crippen molar-refractivity contribution in [1.29, 1.82) is 0 Å². The fraction of sp³-hybridized carbons (Fsp3) is 0.409. The van der Waals surface area contributed by atoms with Gasteiger partial charge in [0.25, 0.3) is 0 Å². The Morgan fingerprint density at radius 2 is 2.13 bits per heavy atom. The first-order valence-electron chi connectivity index (χ1n) is 10.3. The van der Waals surface area contributed by atoms with Crippen LogP contribution in [-0.2, 0) is 16.0 Å². The van der Waals surface area contributed by atoms with E-state index in [-0.39, 0.29) is 29.8 Å². The van der Waals surface area contributed by atoms with Gasteiger partial charge in [0, 0.05) is 17.3 Å². The van der Waals surface area contributed by atoms with Gasteiger partial charge in [0.1, 0.15) is 11.9 Å². The zero-order chi connectivity index (χ0) is 21.3. The number of nitrogens with zero attached hydrogens (tertiary/aromatic N) is 1. The Labute approximate surface area is 180 Å². The summed E-state index contributed by atoms with van der Waals surface area (Å²) in [6, 6.07) is 10.3. The Morgan fingerprint density at radius 3 is 2.93 bits per heavy atom. The Hall–Kier alpha value is -2.64. The summed E-state index contributed by atoms with van der Waals surface area (Å²) < 4.78 is 0. The van der Waals surface area contributed by atoms with E-state index in [1.807, 2.05) is 30.3 Å². The van der Waals surface area contributed by atoms with E-state index in [4.69, 9.17) is 17.3 Å². The number of nitrogen functional groups attached to an aromatic ring is 1. The summed E-state index contributed by atoms with van der Waals surface area (Å²) in [5.41, 5.74) is 8.78. The Kier molecular flexibility index (Phi) is 5.92. The molecular weight excluding hydrogens is 402 g/mol. The number of anilines is 1. The van der Waals surface area contributed by atoms with Crippen molar-refractivity contribution >= 4 is 29.2 Å². The second-order valence-corrected chi connectivity index (χ2v) is 8.49. The molecule has 1 aromatic heterocycles. The molecule has 5 N–H and O–H groups in total. The Bertz CT molecular complexity index is 966. The number of hydrogen-bond acceptors (Lipinski definition) is 5. The van der Waals surface area contributed by atoms with Crippen LogP contribution in [0.5, 0.6) is 0 Å². The maximum Gasteiger partial charge on any atom is 0.242 e. The predicted octanol–water partition coefficient (Wildman–Crippen LogP) is 2.07. The molecular formula is C22H26ClN5O2. The van der Waals surface area contributed by atoms with E-state index in [1.54, 1.807) is 13.0 Å².